The van der Waals surface area contributed by atoms with Crippen molar-refractivity contribution < 1.29 is 4.79 Å². The lowest BCUT2D eigenvalue weighted by Crippen LogP contribution is -2.22. The number of fused-ring (bicyclic) bond motifs is 1. The van der Waals surface area contributed by atoms with E-state index in [2.05, 4.69) is 38.1 Å². The molecule has 1 heterocycles. The molecule has 0 saturated heterocycles. The second-order valence-electron chi connectivity index (χ2n) is 5.80. The monoisotopic (exact) mass is 265 g/mol. The Hall–Kier alpha value is -2.09. The van der Waals surface area contributed by atoms with Crippen LogP contribution < -0.4 is 4.90 Å². The van der Waals surface area contributed by atoms with Crippen molar-refractivity contribution in [3.05, 3.63) is 64.7 Å². The molecule has 0 bridgehead atoms. The van der Waals surface area contributed by atoms with Gasteiger partial charge in [-0.3, -0.25) is 4.79 Å². The molecule has 2 aromatic rings. The van der Waals surface area contributed by atoms with E-state index in [1.807, 2.05) is 30.0 Å². The normalized spacial score (nSPS) is 14.0. The third-order valence-corrected chi connectivity index (χ3v) is 3.94. The maximum absolute atomic E-state index is 12.5. The highest BCUT2D eigenvalue weighted by atomic mass is 16.2. The number of nitrogens with zero attached hydrogens (tertiary/aromatic N) is 1. The number of amides is 1. The second-order valence-corrected chi connectivity index (χ2v) is 5.80. The number of hydrogen-bond donors (Lipinski definition) is 0. The van der Waals surface area contributed by atoms with Crippen molar-refractivity contribution in [3.8, 4) is 0 Å². The summed E-state index contributed by atoms with van der Waals surface area (Å²) in [7, 11) is 0. The first-order valence-corrected chi connectivity index (χ1v) is 7.07. The molecule has 0 fully saturated rings. The highest BCUT2D eigenvalue weighted by molar-refractivity contribution is 6.10. The molecule has 0 aliphatic carbocycles. The summed E-state index contributed by atoms with van der Waals surface area (Å²) in [5.41, 5.74) is 5.38. The smallest absolute Gasteiger partial charge is 0.258 e. The van der Waals surface area contributed by atoms with Crippen LogP contribution in [0.25, 0.3) is 0 Å². The maximum atomic E-state index is 12.5. The topological polar surface area (TPSA) is 20.3 Å². The van der Waals surface area contributed by atoms with Gasteiger partial charge in [0.1, 0.15) is 0 Å². The van der Waals surface area contributed by atoms with Crippen LogP contribution in [-0.2, 0) is 6.54 Å². The largest absolute Gasteiger partial charge is 0.304 e. The molecule has 1 amide bonds. The Morgan fingerprint density at radius 1 is 1.05 bits per heavy atom. The quantitative estimate of drug-likeness (QED) is 0.793. The van der Waals surface area contributed by atoms with E-state index in [9.17, 15) is 4.79 Å². The molecule has 1 aliphatic rings. The average molecular weight is 265 g/mol. The fourth-order valence-corrected chi connectivity index (χ4v) is 2.66. The zero-order valence-corrected chi connectivity index (χ0v) is 12.2. The van der Waals surface area contributed by atoms with Crippen LogP contribution in [0.1, 0.15) is 46.8 Å². The van der Waals surface area contributed by atoms with E-state index in [1.54, 1.807) is 0 Å². The van der Waals surface area contributed by atoms with Gasteiger partial charge in [0.2, 0.25) is 0 Å². The molecule has 0 N–H and O–H groups in total. The van der Waals surface area contributed by atoms with E-state index in [-0.39, 0.29) is 5.91 Å². The van der Waals surface area contributed by atoms with E-state index < -0.39 is 0 Å². The summed E-state index contributed by atoms with van der Waals surface area (Å²) >= 11 is 0. The van der Waals surface area contributed by atoms with Crippen molar-refractivity contribution in [2.24, 2.45) is 0 Å². The maximum Gasteiger partial charge on any atom is 0.258 e. The molecule has 3 rings (SSSR count). The van der Waals surface area contributed by atoms with E-state index in [0.717, 1.165) is 22.4 Å². The van der Waals surface area contributed by atoms with E-state index >= 15 is 0 Å². The molecule has 0 aromatic heterocycles. The van der Waals surface area contributed by atoms with Gasteiger partial charge >= 0.3 is 0 Å². The standard InChI is InChI=1S/C18H19NO/c1-12(2)14-6-8-16(9-7-14)19-11-15-5-4-13(3)10-17(15)18(19)20/h4-10,12H,11H2,1-3H3. The first kappa shape index (κ1) is 12.9. The van der Waals surface area contributed by atoms with Crippen LogP contribution in [-0.4, -0.2) is 5.91 Å². The van der Waals surface area contributed by atoms with Crippen LogP contribution in [0.2, 0.25) is 0 Å². The van der Waals surface area contributed by atoms with Crippen molar-refractivity contribution in [3.63, 3.8) is 0 Å². The Bertz CT molecular complexity index is 656. The van der Waals surface area contributed by atoms with Crippen molar-refractivity contribution >= 4 is 11.6 Å². The van der Waals surface area contributed by atoms with Crippen molar-refractivity contribution in [1.29, 1.82) is 0 Å². The molecule has 0 spiro atoms. The molecule has 2 nitrogen and oxygen atoms in total. The van der Waals surface area contributed by atoms with Gasteiger partial charge in [-0.2, -0.15) is 0 Å². The molecular formula is C18H19NO. The summed E-state index contributed by atoms with van der Waals surface area (Å²) in [6.07, 6.45) is 0. The molecule has 0 saturated carbocycles. The first-order chi connectivity index (χ1) is 9.56. The SMILES string of the molecule is Cc1ccc2c(c1)C(=O)N(c1ccc(C(C)C)cc1)C2. The van der Waals surface area contributed by atoms with Gasteiger partial charge in [0.25, 0.3) is 5.91 Å². The first-order valence-electron chi connectivity index (χ1n) is 7.07. The lowest BCUT2D eigenvalue weighted by molar-refractivity contribution is 0.0996. The minimum absolute atomic E-state index is 0.112. The highest BCUT2D eigenvalue weighted by Crippen LogP contribution is 2.29. The zero-order chi connectivity index (χ0) is 14.3. The molecule has 102 valence electrons. The lowest BCUT2D eigenvalue weighted by Gasteiger charge is -2.16. The average Bonchev–Trinajstić information content (AvgIpc) is 2.76. The molecule has 2 aromatic carbocycles. The van der Waals surface area contributed by atoms with Crippen molar-refractivity contribution in [1.82, 2.24) is 0 Å². The third-order valence-electron chi connectivity index (χ3n) is 3.94. The number of rotatable bonds is 2. The van der Waals surface area contributed by atoms with Crippen molar-refractivity contribution in [2.45, 2.75) is 33.2 Å². The van der Waals surface area contributed by atoms with E-state index in [1.165, 1.54) is 5.56 Å². The Labute approximate surface area is 120 Å². The van der Waals surface area contributed by atoms with Gasteiger partial charge < -0.3 is 4.90 Å². The third kappa shape index (κ3) is 2.11. The number of carbonyl (C=O) groups is 1. The highest BCUT2D eigenvalue weighted by Gasteiger charge is 2.28. The Balaban J connectivity index is 1.92. The zero-order valence-electron chi connectivity index (χ0n) is 12.2. The predicted octanol–water partition coefficient (Wildman–Crippen LogP) is 4.28. The fraction of sp³-hybridized carbons (Fsp3) is 0.278. The molecule has 0 atom stereocenters. The molecule has 20 heavy (non-hydrogen) atoms. The Morgan fingerprint density at radius 2 is 1.75 bits per heavy atom. The Morgan fingerprint density at radius 3 is 2.40 bits per heavy atom. The summed E-state index contributed by atoms with van der Waals surface area (Å²) < 4.78 is 0. The van der Waals surface area contributed by atoms with Crippen LogP contribution in [0.3, 0.4) is 0 Å². The summed E-state index contributed by atoms with van der Waals surface area (Å²) in [5, 5.41) is 0. The minimum atomic E-state index is 0.112. The van der Waals surface area contributed by atoms with Gasteiger partial charge in [-0.1, -0.05) is 43.7 Å². The summed E-state index contributed by atoms with van der Waals surface area (Å²) in [6, 6.07) is 14.4. The number of anilines is 1. The van der Waals surface area contributed by atoms with E-state index in [4.69, 9.17) is 0 Å². The summed E-state index contributed by atoms with van der Waals surface area (Å²) in [4.78, 5) is 14.3. The molecule has 2 heteroatoms. The van der Waals surface area contributed by atoms with Crippen LogP contribution in [0.5, 0.6) is 0 Å². The number of carbonyl (C=O) groups excluding carboxylic acids is 1. The van der Waals surface area contributed by atoms with Gasteiger partial charge in [-0.05, 0) is 42.2 Å². The van der Waals surface area contributed by atoms with Crippen LogP contribution in [0.4, 0.5) is 5.69 Å². The van der Waals surface area contributed by atoms with Gasteiger partial charge in [-0.15, -0.1) is 0 Å². The van der Waals surface area contributed by atoms with Crippen LogP contribution in [0.15, 0.2) is 42.5 Å². The number of aryl methyl sites for hydroxylation is 1. The molecule has 0 radical (unpaired) electrons. The molecular weight excluding hydrogens is 246 g/mol. The lowest BCUT2D eigenvalue weighted by atomic mass is 10.0. The second kappa shape index (κ2) is 4.78. The molecule has 1 aliphatic heterocycles. The number of hydrogen-bond acceptors (Lipinski definition) is 1. The van der Waals surface area contributed by atoms with Gasteiger partial charge in [-0.25, -0.2) is 0 Å². The fourth-order valence-electron chi connectivity index (χ4n) is 2.66. The predicted molar refractivity (Wildman–Crippen MR) is 82.2 cm³/mol. The summed E-state index contributed by atoms with van der Waals surface area (Å²) in [6.45, 7) is 7.05. The van der Waals surface area contributed by atoms with Crippen LogP contribution in [0, 0.1) is 6.92 Å². The van der Waals surface area contributed by atoms with Gasteiger partial charge in [0.05, 0.1) is 6.54 Å². The van der Waals surface area contributed by atoms with Gasteiger partial charge in [0, 0.05) is 11.3 Å². The van der Waals surface area contributed by atoms with Crippen molar-refractivity contribution in [2.75, 3.05) is 4.90 Å². The summed E-state index contributed by atoms with van der Waals surface area (Å²) in [5.74, 6) is 0.624. The van der Waals surface area contributed by atoms with Crippen LogP contribution >= 0.6 is 0 Å². The number of benzene rings is 2. The van der Waals surface area contributed by atoms with E-state index in [0.29, 0.717) is 12.5 Å². The van der Waals surface area contributed by atoms with Gasteiger partial charge in [0.15, 0.2) is 0 Å². The molecule has 0 unspecified atom stereocenters. The Kier molecular flexibility index (Phi) is 3.09. The minimum Gasteiger partial charge on any atom is -0.304 e.